The number of rotatable bonds is 4. The van der Waals surface area contributed by atoms with Crippen molar-refractivity contribution >= 4 is 11.6 Å². The predicted molar refractivity (Wildman–Crippen MR) is 114 cm³/mol. The molecule has 0 radical (unpaired) electrons. The lowest BCUT2D eigenvalue weighted by Gasteiger charge is -2.59. The third-order valence-electron chi connectivity index (χ3n) is 9.38. The molecule has 5 rings (SSSR count). The van der Waals surface area contributed by atoms with Crippen LogP contribution in [0.5, 0.6) is 0 Å². The van der Waals surface area contributed by atoms with Crippen LogP contribution in [0.25, 0.3) is 0 Å². The molecule has 5 aliphatic rings. The van der Waals surface area contributed by atoms with Crippen molar-refractivity contribution < 1.29 is 34.4 Å². The number of allylic oxidation sites excluding steroid dienone is 4. The third-order valence-corrected chi connectivity index (χ3v) is 9.38. The molecular weight excluding hydrogens is 412 g/mol. The van der Waals surface area contributed by atoms with Crippen LogP contribution in [-0.4, -0.2) is 63.7 Å². The van der Waals surface area contributed by atoms with Crippen molar-refractivity contribution in [1.82, 2.24) is 0 Å². The van der Waals surface area contributed by atoms with Crippen LogP contribution < -0.4 is 0 Å². The molecule has 7 heteroatoms. The number of ether oxygens (including phenoxy) is 2. The maximum absolute atomic E-state index is 13.2. The fourth-order valence-corrected chi connectivity index (χ4v) is 8.14. The monoisotopic (exact) mass is 446 g/mol. The SMILES string of the molecule is CC(O)CC1O[C@@H]2C[C@H]3[C@@H]4CCC5=CC(=O)C=C[C@]5(C)[C@H]4[C@@H](O)C[C@]3(C)C2(C(=O)CO)O1. The number of aliphatic hydroxyl groups excluding tert-OH is 3. The summed E-state index contributed by atoms with van der Waals surface area (Å²) in [4.78, 5) is 25.2. The first kappa shape index (κ1) is 22.4. The minimum atomic E-state index is -1.33. The molecule has 0 aromatic carbocycles. The predicted octanol–water partition coefficient (Wildman–Crippen LogP) is 1.69. The lowest BCUT2D eigenvalue weighted by Crippen LogP contribution is -2.63. The highest BCUT2D eigenvalue weighted by Gasteiger charge is 2.75. The van der Waals surface area contributed by atoms with E-state index in [9.17, 15) is 24.9 Å². The van der Waals surface area contributed by atoms with Gasteiger partial charge in [0.1, 0.15) is 6.61 Å². The molecule has 3 saturated carbocycles. The van der Waals surface area contributed by atoms with Gasteiger partial charge in [-0.05, 0) is 56.6 Å². The van der Waals surface area contributed by atoms with E-state index in [4.69, 9.17) is 9.47 Å². The van der Waals surface area contributed by atoms with Gasteiger partial charge < -0.3 is 24.8 Å². The Morgan fingerprint density at radius 1 is 1.34 bits per heavy atom. The van der Waals surface area contributed by atoms with Gasteiger partial charge in [0.05, 0.1) is 18.3 Å². The number of hydrogen-bond donors (Lipinski definition) is 3. The van der Waals surface area contributed by atoms with Gasteiger partial charge in [-0.2, -0.15) is 0 Å². The number of carbonyl (C=O) groups excluding carboxylic acids is 2. The van der Waals surface area contributed by atoms with E-state index < -0.39 is 48.0 Å². The zero-order valence-corrected chi connectivity index (χ0v) is 19.0. The average molecular weight is 447 g/mol. The molecule has 0 spiro atoms. The second-order valence-electron chi connectivity index (χ2n) is 11.0. The van der Waals surface area contributed by atoms with E-state index >= 15 is 0 Å². The van der Waals surface area contributed by atoms with Crippen LogP contribution in [0.2, 0.25) is 0 Å². The summed E-state index contributed by atoms with van der Waals surface area (Å²) in [6.45, 7) is 5.12. The van der Waals surface area contributed by atoms with Gasteiger partial charge in [-0.15, -0.1) is 0 Å². The summed E-state index contributed by atoms with van der Waals surface area (Å²) in [5.41, 5.74) is -1.33. The van der Waals surface area contributed by atoms with Gasteiger partial charge in [-0.1, -0.05) is 25.5 Å². The number of hydrogen-bond acceptors (Lipinski definition) is 7. The topological polar surface area (TPSA) is 113 Å². The van der Waals surface area contributed by atoms with Crippen molar-refractivity contribution in [2.45, 2.75) is 83.1 Å². The zero-order valence-electron chi connectivity index (χ0n) is 19.0. The van der Waals surface area contributed by atoms with Gasteiger partial charge in [-0.25, -0.2) is 0 Å². The van der Waals surface area contributed by atoms with Gasteiger partial charge in [-0.3, -0.25) is 9.59 Å². The molecule has 3 N–H and O–H groups in total. The second kappa shape index (κ2) is 7.31. The molecule has 0 amide bonds. The Hall–Kier alpha value is -1.38. The van der Waals surface area contributed by atoms with Crippen molar-refractivity contribution in [2.75, 3.05) is 6.61 Å². The third kappa shape index (κ3) is 2.78. The summed E-state index contributed by atoms with van der Waals surface area (Å²) in [5.74, 6) is -0.247. The molecular formula is C25H34O7. The van der Waals surface area contributed by atoms with Crippen LogP contribution >= 0.6 is 0 Å². The second-order valence-corrected chi connectivity index (χ2v) is 11.0. The highest BCUT2D eigenvalue weighted by molar-refractivity contribution is 6.01. The van der Waals surface area contributed by atoms with Crippen LogP contribution in [0.15, 0.2) is 23.8 Å². The Morgan fingerprint density at radius 2 is 2.09 bits per heavy atom. The maximum Gasteiger partial charge on any atom is 0.193 e. The van der Waals surface area contributed by atoms with E-state index in [0.29, 0.717) is 12.8 Å². The van der Waals surface area contributed by atoms with Gasteiger partial charge in [0.2, 0.25) is 0 Å². The minimum absolute atomic E-state index is 0.0000834. The van der Waals surface area contributed by atoms with Crippen molar-refractivity contribution in [2.24, 2.45) is 28.6 Å². The highest BCUT2D eigenvalue weighted by Crippen LogP contribution is 2.69. The molecule has 1 heterocycles. The van der Waals surface area contributed by atoms with Crippen LogP contribution in [0.3, 0.4) is 0 Å². The summed E-state index contributed by atoms with van der Waals surface area (Å²) >= 11 is 0. The first-order chi connectivity index (χ1) is 15.1. The Kier molecular flexibility index (Phi) is 5.12. The normalized spacial score (nSPS) is 50.2. The van der Waals surface area contributed by atoms with Crippen molar-refractivity contribution in [1.29, 1.82) is 0 Å². The molecule has 0 bridgehead atoms. The first-order valence-electron chi connectivity index (χ1n) is 11.8. The number of carbonyl (C=O) groups is 2. The molecule has 176 valence electrons. The lowest BCUT2D eigenvalue weighted by atomic mass is 9.46. The van der Waals surface area contributed by atoms with E-state index in [-0.39, 0.29) is 35.4 Å². The summed E-state index contributed by atoms with van der Waals surface area (Å²) in [6.07, 6.45) is 5.57. The molecule has 4 aliphatic carbocycles. The summed E-state index contributed by atoms with van der Waals surface area (Å²) in [7, 11) is 0. The maximum atomic E-state index is 13.2. The van der Waals surface area contributed by atoms with Crippen LogP contribution in [0, 0.1) is 28.6 Å². The number of Topliss-reactive ketones (excluding diaryl/α,β-unsaturated/α-hetero) is 1. The summed E-state index contributed by atoms with van der Waals surface area (Å²) in [6, 6.07) is 0. The van der Waals surface area contributed by atoms with Gasteiger partial charge in [0.15, 0.2) is 23.5 Å². The van der Waals surface area contributed by atoms with E-state index in [2.05, 4.69) is 6.92 Å². The van der Waals surface area contributed by atoms with Crippen molar-refractivity contribution in [3.63, 3.8) is 0 Å². The standard InChI is InChI=1S/C25H34O7/c1-13(27)8-21-31-20-10-17-16-5-4-14-9-15(28)6-7-23(14,2)22(16)18(29)11-24(17,3)25(20,32-21)19(30)12-26/h6-7,9,13,16-18,20-22,26-27,29H,4-5,8,10-12H2,1-3H3/t13?,16-,17-,18-,20+,21?,22+,23-,24-,25?/m0/s1. The number of ketones is 2. The van der Waals surface area contributed by atoms with Gasteiger partial charge in [0.25, 0.3) is 0 Å². The van der Waals surface area contributed by atoms with E-state index in [1.807, 2.05) is 13.0 Å². The summed E-state index contributed by atoms with van der Waals surface area (Å²) in [5, 5.41) is 31.2. The van der Waals surface area contributed by atoms with E-state index in [1.54, 1.807) is 19.1 Å². The molecule has 3 unspecified atom stereocenters. The zero-order chi connectivity index (χ0) is 23.1. The first-order valence-corrected chi connectivity index (χ1v) is 11.8. The van der Waals surface area contributed by atoms with Crippen LogP contribution in [0.4, 0.5) is 0 Å². The molecule has 1 saturated heterocycles. The van der Waals surface area contributed by atoms with Gasteiger partial charge >= 0.3 is 0 Å². The van der Waals surface area contributed by atoms with Crippen LogP contribution in [-0.2, 0) is 19.1 Å². The van der Waals surface area contributed by atoms with Gasteiger partial charge in [0, 0.05) is 23.2 Å². The fraction of sp³-hybridized carbons (Fsp3) is 0.760. The molecule has 0 aromatic rings. The quantitative estimate of drug-likeness (QED) is 0.602. The highest BCUT2D eigenvalue weighted by atomic mass is 16.7. The van der Waals surface area contributed by atoms with Crippen molar-refractivity contribution in [3.8, 4) is 0 Å². The van der Waals surface area contributed by atoms with Crippen LogP contribution in [0.1, 0.15) is 52.9 Å². The molecule has 10 atom stereocenters. The molecule has 4 fully saturated rings. The molecule has 32 heavy (non-hydrogen) atoms. The Labute approximate surface area is 188 Å². The Bertz CT molecular complexity index is 893. The lowest BCUT2D eigenvalue weighted by molar-refractivity contribution is -0.202. The average Bonchev–Trinajstić information content (AvgIpc) is 3.19. The number of aliphatic hydroxyl groups is 3. The minimum Gasteiger partial charge on any atom is -0.393 e. The smallest absolute Gasteiger partial charge is 0.193 e. The van der Waals surface area contributed by atoms with E-state index in [0.717, 1.165) is 18.4 Å². The Balaban J connectivity index is 1.54. The molecule has 0 aromatic heterocycles. The largest absolute Gasteiger partial charge is 0.393 e. The molecule has 1 aliphatic heterocycles. The van der Waals surface area contributed by atoms with Crippen molar-refractivity contribution in [3.05, 3.63) is 23.8 Å². The summed E-state index contributed by atoms with van der Waals surface area (Å²) < 4.78 is 12.5. The molecule has 7 nitrogen and oxygen atoms in total. The Morgan fingerprint density at radius 3 is 2.78 bits per heavy atom. The fourth-order valence-electron chi connectivity index (χ4n) is 8.14. The van der Waals surface area contributed by atoms with E-state index in [1.165, 1.54) is 0 Å². The number of fused-ring (bicyclic) bond motifs is 7.